The first-order chi connectivity index (χ1) is 6.35. The van der Waals surface area contributed by atoms with Crippen LogP contribution in [0.2, 0.25) is 0 Å². The second kappa shape index (κ2) is 4.26. The Bertz CT molecular complexity index is 166. The molecule has 2 unspecified atom stereocenters. The van der Waals surface area contributed by atoms with Crippen LogP contribution in [0.4, 0.5) is 0 Å². The van der Waals surface area contributed by atoms with Crippen LogP contribution < -0.4 is 0 Å². The highest BCUT2D eigenvalue weighted by molar-refractivity contribution is 9.09. The number of rotatable bonds is 2. The Morgan fingerprint density at radius 3 is 2.85 bits per heavy atom. The summed E-state index contributed by atoms with van der Waals surface area (Å²) in [5.41, 5.74) is 0. The molecule has 0 aromatic rings. The maximum atomic E-state index is 5.80. The number of alkyl halides is 1. The van der Waals surface area contributed by atoms with Gasteiger partial charge in [0.15, 0.2) is 0 Å². The fourth-order valence-corrected chi connectivity index (χ4v) is 2.32. The molecular weight excluding hydrogens is 236 g/mol. The number of hydrogen-bond acceptors (Lipinski definition) is 3. The zero-order chi connectivity index (χ0) is 9.15. The van der Waals surface area contributed by atoms with E-state index >= 15 is 0 Å². The molecule has 2 fully saturated rings. The van der Waals surface area contributed by atoms with Crippen molar-refractivity contribution in [1.82, 2.24) is 0 Å². The average Bonchev–Trinajstić information content (AvgIpc) is 2.54. The zero-order valence-corrected chi connectivity index (χ0v) is 9.22. The van der Waals surface area contributed by atoms with Crippen LogP contribution in [0.3, 0.4) is 0 Å². The highest BCUT2D eigenvalue weighted by Gasteiger charge is 2.42. The van der Waals surface area contributed by atoms with Gasteiger partial charge in [0.1, 0.15) is 0 Å². The fourth-order valence-electron chi connectivity index (χ4n) is 1.81. The van der Waals surface area contributed by atoms with E-state index in [0.717, 1.165) is 44.2 Å². The lowest BCUT2D eigenvalue weighted by molar-refractivity contribution is -0.398. The molecule has 13 heavy (non-hydrogen) atoms. The molecule has 0 aliphatic carbocycles. The summed E-state index contributed by atoms with van der Waals surface area (Å²) in [6, 6.07) is 0. The molecule has 0 N–H and O–H groups in total. The van der Waals surface area contributed by atoms with Gasteiger partial charge in [0.2, 0.25) is 0 Å². The molecule has 0 aromatic heterocycles. The lowest BCUT2D eigenvalue weighted by Crippen LogP contribution is -2.44. The van der Waals surface area contributed by atoms with Gasteiger partial charge in [-0.2, -0.15) is 0 Å². The van der Waals surface area contributed by atoms with E-state index in [0.29, 0.717) is 6.10 Å². The Morgan fingerprint density at radius 2 is 2.15 bits per heavy atom. The summed E-state index contributed by atoms with van der Waals surface area (Å²) < 4.78 is 16.8. The van der Waals surface area contributed by atoms with Crippen molar-refractivity contribution in [2.24, 2.45) is 0 Å². The molecule has 2 atom stereocenters. The summed E-state index contributed by atoms with van der Waals surface area (Å²) in [4.78, 5) is 0. The van der Waals surface area contributed by atoms with Crippen molar-refractivity contribution in [2.75, 3.05) is 18.5 Å². The van der Waals surface area contributed by atoms with E-state index < -0.39 is 5.97 Å². The number of ether oxygens (including phenoxy) is 3. The van der Waals surface area contributed by atoms with Crippen LogP contribution in [0.25, 0.3) is 0 Å². The molecule has 2 rings (SSSR count). The first-order valence-electron chi connectivity index (χ1n) is 4.86. The van der Waals surface area contributed by atoms with Crippen LogP contribution in [0, 0.1) is 0 Å². The summed E-state index contributed by atoms with van der Waals surface area (Å²) in [6.07, 6.45) is 4.24. The first kappa shape index (κ1) is 9.90. The second-order valence-electron chi connectivity index (χ2n) is 3.49. The summed E-state index contributed by atoms with van der Waals surface area (Å²) >= 11 is 3.42. The van der Waals surface area contributed by atoms with Gasteiger partial charge in [-0.05, 0) is 19.3 Å². The van der Waals surface area contributed by atoms with Crippen molar-refractivity contribution in [3.8, 4) is 0 Å². The number of hydrogen-bond donors (Lipinski definition) is 0. The normalized spacial score (nSPS) is 39.9. The van der Waals surface area contributed by atoms with Gasteiger partial charge in [0, 0.05) is 11.8 Å². The van der Waals surface area contributed by atoms with Gasteiger partial charge < -0.3 is 14.2 Å². The van der Waals surface area contributed by atoms with Gasteiger partial charge in [-0.1, -0.05) is 15.9 Å². The molecule has 0 radical (unpaired) electrons. The van der Waals surface area contributed by atoms with Crippen molar-refractivity contribution in [2.45, 2.75) is 37.8 Å². The van der Waals surface area contributed by atoms with Crippen molar-refractivity contribution >= 4 is 15.9 Å². The molecule has 3 nitrogen and oxygen atoms in total. The van der Waals surface area contributed by atoms with Gasteiger partial charge in [-0.25, -0.2) is 0 Å². The predicted octanol–water partition coefficient (Wildman–Crippen LogP) is 2.04. The lowest BCUT2D eigenvalue weighted by atomic mass is 10.2. The van der Waals surface area contributed by atoms with Crippen LogP contribution in [0.15, 0.2) is 0 Å². The Morgan fingerprint density at radius 1 is 1.31 bits per heavy atom. The van der Waals surface area contributed by atoms with Gasteiger partial charge in [0.05, 0.1) is 19.3 Å². The molecule has 4 heteroatoms. The minimum absolute atomic E-state index is 0.297. The quantitative estimate of drug-likeness (QED) is 0.703. The smallest absolute Gasteiger partial charge is 0.283 e. The van der Waals surface area contributed by atoms with Gasteiger partial charge >= 0.3 is 0 Å². The first-order valence-corrected chi connectivity index (χ1v) is 5.98. The Balaban J connectivity index is 1.90. The van der Waals surface area contributed by atoms with E-state index in [4.69, 9.17) is 14.2 Å². The number of halogens is 1. The molecule has 2 heterocycles. The van der Waals surface area contributed by atoms with Gasteiger partial charge in [0.25, 0.3) is 5.97 Å². The minimum atomic E-state index is -0.676. The summed E-state index contributed by atoms with van der Waals surface area (Å²) in [6.45, 7) is 1.53. The standard InChI is InChI=1S/C9H15BrO3/c10-5-2-8-3-7-12-9(13-8)4-1-6-11-9/h8H,1-7H2. The Labute approximate surface area is 86.9 Å². The third-order valence-electron chi connectivity index (χ3n) is 2.49. The Hall–Kier alpha value is 0.360. The highest BCUT2D eigenvalue weighted by atomic mass is 79.9. The predicted molar refractivity (Wildman–Crippen MR) is 51.8 cm³/mol. The fraction of sp³-hybridized carbons (Fsp3) is 1.00. The van der Waals surface area contributed by atoms with Crippen molar-refractivity contribution < 1.29 is 14.2 Å². The topological polar surface area (TPSA) is 27.7 Å². The largest absolute Gasteiger partial charge is 0.327 e. The molecule has 0 aromatic carbocycles. The maximum Gasteiger partial charge on any atom is 0.283 e. The van der Waals surface area contributed by atoms with Crippen LogP contribution in [0.5, 0.6) is 0 Å². The van der Waals surface area contributed by atoms with E-state index in [1.807, 2.05) is 0 Å². The van der Waals surface area contributed by atoms with Crippen LogP contribution in [-0.2, 0) is 14.2 Å². The second-order valence-corrected chi connectivity index (χ2v) is 4.28. The highest BCUT2D eigenvalue weighted by Crippen LogP contribution is 2.34. The molecule has 1 spiro atoms. The van der Waals surface area contributed by atoms with Crippen molar-refractivity contribution in [1.29, 1.82) is 0 Å². The molecule has 2 aliphatic rings. The average molecular weight is 251 g/mol. The molecule has 0 saturated carbocycles. The summed E-state index contributed by atoms with van der Waals surface area (Å²) in [7, 11) is 0. The molecule has 76 valence electrons. The maximum absolute atomic E-state index is 5.80. The molecular formula is C9H15BrO3. The van der Waals surface area contributed by atoms with Gasteiger partial charge in [-0.15, -0.1) is 0 Å². The molecule has 0 bridgehead atoms. The third kappa shape index (κ3) is 2.24. The summed E-state index contributed by atoms with van der Waals surface area (Å²) in [5.74, 6) is -0.676. The zero-order valence-electron chi connectivity index (χ0n) is 7.63. The molecule has 2 aliphatic heterocycles. The monoisotopic (exact) mass is 250 g/mol. The lowest BCUT2D eigenvalue weighted by Gasteiger charge is -2.37. The minimum Gasteiger partial charge on any atom is -0.327 e. The van der Waals surface area contributed by atoms with Crippen LogP contribution in [0.1, 0.15) is 25.7 Å². The van der Waals surface area contributed by atoms with E-state index in [9.17, 15) is 0 Å². The van der Waals surface area contributed by atoms with E-state index in [1.54, 1.807) is 0 Å². The SMILES string of the molecule is BrCCC1CCOC2(CCCO2)O1. The molecule has 0 amide bonds. The van der Waals surface area contributed by atoms with Crippen molar-refractivity contribution in [3.63, 3.8) is 0 Å². The third-order valence-corrected chi connectivity index (χ3v) is 2.95. The van der Waals surface area contributed by atoms with E-state index in [1.165, 1.54) is 0 Å². The van der Waals surface area contributed by atoms with E-state index in [2.05, 4.69) is 15.9 Å². The summed E-state index contributed by atoms with van der Waals surface area (Å²) in [5, 5.41) is 0.980. The van der Waals surface area contributed by atoms with Crippen molar-refractivity contribution in [3.05, 3.63) is 0 Å². The van der Waals surface area contributed by atoms with Crippen LogP contribution in [-0.4, -0.2) is 30.6 Å². The molecule has 2 saturated heterocycles. The Kier molecular flexibility index (Phi) is 3.24. The van der Waals surface area contributed by atoms with E-state index in [-0.39, 0.29) is 0 Å². The van der Waals surface area contributed by atoms with Crippen LogP contribution >= 0.6 is 15.9 Å². The van der Waals surface area contributed by atoms with Gasteiger partial charge in [-0.3, -0.25) is 0 Å².